The van der Waals surface area contributed by atoms with Crippen molar-refractivity contribution in [3.05, 3.63) is 29.3 Å². The van der Waals surface area contributed by atoms with Crippen LogP contribution >= 0.6 is 0 Å². The molecule has 4 nitrogen and oxygen atoms in total. The molecule has 108 valence electrons. The van der Waals surface area contributed by atoms with Crippen molar-refractivity contribution in [3.63, 3.8) is 0 Å². The fraction of sp³-hybridized carbons (Fsp3) is 0.500. The number of nitrogens with zero attached hydrogens (tertiary/aromatic N) is 1. The third-order valence-corrected chi connectivity index (χ3v) is 4.04. The number of aryl methyl sites for hydroxylation is 1. The van der Waals surface area contributed by atoms with E-state index in [0.717, 1.165) is 12.0 Å². The van der Waals surface area contributed by atoms with Crippen molar-refractivity contribution in [1.82, 2.24) is 0 Å². The van der Waals surface area contributed by atoms with Gasteiger partial charge < -0.3 is 16.2 Å². The predicted octanol–water partition coefficient (Wildman–Crippen LogP) is 1.82. The molecule has 0 radical (unpaired) electrons. The second-order valence-corrected chi connectivity index (χ2v) is 5.43. The Hall–Kier alpha value is -1.69. The number of nitrogen functional groups attached to an aromatic ring is 1. The van der Waals surface area contributed by atoms with Gasteiger partial charge in [0, 0.05) is 5.69 Å². The van der Waals surface area contributed by atoms with Gasteiger partial charge in [-0.05, 0) is 42.5 Å². The quantitative estimate of drug-likeness (QED) is 0.712. The van der Waals surface area contributed by atoms with Gasteiger partial charge in [-0.1, -0.05) is 6.07 Å². The van der Waals surface area contributed by atoms with Crippen LogP contribution in [0.5, 0.6) is 0 Å². The first-order chi connectivity index (χ1) is 9.45. The number of anilines is 1. The largest absolute Gasteiger partial charge is 0.399 e. The number of aliphatic imine (C=N–C) groups is 1. The second-order valence-electron chi connectivity index (χ2n) is 5.43. The van der Waals surface area contributed by atoms with Gasteiger partial charge in [0.15, 0.2) is 5.54 Å². The van der Waals surface area contributed by atoms with Gasteiger partial charge in [-0.2, -0.15) is 0 Å². The zero-order valence-corrected chi connectivity index (χ0v) is 11.0. The molecule has 3 rings (SSSR count). The standard InChI is InChI=1S/C14H17F2N3O/c15-14(16)8-20-7-12(18)19-13(14)5-1-2-9-3-4-10(17)6-11(9)13/h3-4,6H,1-2,5,7-8,17H2,(H2,18,19)/t13-/m1/s1. The minimum Gasteiger partial charge on any atom is -0.399 e. The molecule has 0 amide bonds. The van der Waals surface area contributed by atoms with Gasteiger partial charge in [-0.15, -0.1) is 0 Å². The van der Waals surface area contributed by atoms with Crippen molar-refractivity contribution in [2.45, 2.75) is 30.7 Å². The number of hydrogen-bond donors (Lipinski definition) is 2. The third kappa shape index (κ3) is 1.86. The summed E-state index contributed by atoms with van der Waals surface area (Å²) in [6, 6.07) is 5.14. The van der Waals surface area contributed by atoms with Crippen molar-refractivity contribution < 1.29 is 13.5 Å². The molecule has 1 atom stereocenters. The average molecular weight is 281 g/mol. The molecule has 1 aromatic carbocycles. The predicted molar refractivity (Wildman–Crippen MR) is 72.9 cm³/mol. The molecule has 20 heavy (non-hydrogen) atoms. The van der Waals surface area contributed by atoms with Crippen LogP contribution in [0.15, 0.2) is 23.2 Å². The Bertz CT molecular complexity index is 574. The zero-order chi connectivity index (χ0) is 14.4. The van der Waals surface area contributed by atoms with Crippen molar-refractivity contribution >= 4 is 11.5 Å². The highest BCUT2D eigenvalue weighted by Gasteiger charge is 2.57. The molecule has 0 saturated carbocycles. The molecule has 2 aliphatic rings. The molecule has 1 aliphatic carbocycles. The van der Waals surface area contributed by atoms with Crippen LogP contribution in [0.2, 0.25) is 0 Å². The number of alkyl halides is 2. The molecule has 6 heteroatoms. The lowest BCUT2D eigenvalue weighted by Crippen LogP contribution is -2.48. The van der Waals surface area contributed by atoms with E-state index < -0.39 is 18.1 Å². The van der Waals surface area contributed by atoms with Crippen LogP contribution in [0.1, 0.15) is 24.0 Å². The molecular weight excluding hydrogens is 264 g/mol. The Morgan fingerprint density at radius 2 is 2.05 bits per heavy atom. The van der Waals surface area contributed by atoms with Crippen LogP contribution < -0.4 is 11.5 Å². The summed E-state index contributed by atoms with van der Waals surface area (Å²) in [6.07, 6.45) is 1.65. The van der Waals surface area contributed by atoms with Crippen LogP contribution in [-0.2, 0) is 16.7 Å². The van der Waals surface area contributed by atoms with Gasteiger partial charge in [0.2, 0.25) is 0 Å². The number of amidine groups is 1. The number of nitrogens with two attached hydrogens (primary N) is 2. The molecule has 0 unspecified atom stereocenters. The smallest absolute Gasteiger partial charge is 0.299 e. The van der Waals surface area contributed by atoms with Crippen LogP contribution in [0.25, 0.3) is 0 Å². The number of hydrogen-bond acceptors (Lipinski definition) is 4. The first-order valence-electron chi connectivity index (χ1n) is 6.63. The Morgan fingerprint density at radius 3 is 2.85 bits per heavy atom. The van der Waals surface area contributed by atoms with Crippen LogP contribution in [0.4, 0.5) is 14.5 Å². The van der Waals surface area contributed by atoms with E-state index in [9.17, 15) is 8.78 Å². The Labute approximate surface area is 115 Å². The Balaban J connectivity index is 2.25. The van der Waals surface area contributed by atoms with Crippen molar-refractivity contribution in [2.24, 2.45) is 10.7 Å². The Morgan fingerprint density at radius 1 is 1.25 bits per heavy atom. The number of ether oxygens (including phenoxy) is 1. The highest BCUT2D eigenvalue weighted by molar-refractivity contribution is 5.82. The summed E-state index contributed by atoms with van der Waals surface area (Å²) in [5, 5.41) is 0. The first kappa shape index (κ1) is 13.3. The van der Waals surface area contributed by atoms with Crippen molar-refractivity contribution in [2.75, 3.05) is 18.9 Å². The summed E-state index contributed by atoms with van der Waals surface area (Å²) in [7, 11) is 0. The lowest BCUT2D eigenvalue weighted by atomic mass is 9.73. The molecule has 0 aromatic heterocycles. The van der Waals surface area contributed by atoms with E-state index in [0.29, 0.717) is 17.7 Å². The van der Waals surface area contributed by atoms with E-state index >= 15 is 0 Å². The first-order valence-corrected chi connectivity index (χ1v) is 6.63. The van der Waals surface area contributed by atoms with Crippen molar-refractivity contribution in [3.8, 4) is 0 Å². The van der Waals surface area contributed by atoms with Crippen LogP contribution in [0, 0.1) is 0 Å². The normalized spacial score (nSPS) is 28.6. The molecule has 1 aromatic rings. The minimum absolute atomic E-state index is 0.0605. The summed E-state index contributed by atoms with van der Waals surface area (Å²) >= 11 is 0. The molecule has 1 heterocycles. The maximum Gasteiger partial charge on any atom is 0.299 e. The van der Waals surface area contributed by atoms with Gasteiger partial charge in [0.1, 0.15) is 19.0 Å². The lowest BCUT2D eigenvalue weighted by molar-refractivity contribution is -0.125. The van der Waals surface area contributed by atoms with Gasteiger partial charge in [0.25, 0.3) is 5.92 Å². The van der Waals surface area contributed by atoms with Gasteiger partial charge in [0.05, 0.1) is 0 Å². The van der Waals surface area contributed by atoms with E-state index in [1.54, 1.807) is 18.2 Å². The molecule has 0 saturated heterocycles. The minimum atomic E-state index is -3.10. The monoisotopic (exact) mass is 281 g/mol. The highest BCUT2D eigenvalue weighted by Crippen LogP contribution is 2.50. The van der Waals surface area contributed by atoms with E-state index in [-0.39, 0.29) is 18.9 Å². The van der Waals surface area contributed by atoms with Gasteiger partial charge >= 0.3 is 0 Å². The fourth-order valence-corrected chi connectivity index (χ4v) is 3.12. The van der Waals surface area contributed by atoms with E-state index in [1.165, 1.54) is 0 Å². The third-order valence-electron chi connectivity index (χ3n) is 4.04. The molecule has 4 N–H and O–H groups in total. The average Bonchev–Trinajstić information content (AvgIpc) is 2.49. The Kier molecular flexibility index (Phi) is 2.93. The summed E-state index contributed by atoms with van der Waals surface area (Å²) in [4.78, 5) is 4.17. The molecule has 1 spiro atoms. The fourth-order valence-electron chi connectivity index (χ4n) is 3.12. The maximum absolute atomic E-state index is 14.7. The molecule has 0 fully saturated rings. The van der Waals surface area contributed by atoms with Crippen LogP contribution in [-0.4, -0.2) is 25.0 Å². The number of fused-ring (bicyclic) bond motifs is 2. The topological polar surface area (TPSA) is 73.6 Å². The van der Waals surface area contributed by atoms with Gasteiger partial charge in [-0.25, -0.2) is 8.78 Å². The SMILES string of the molecule is NC1=N[C@@]2(CCCc3ccc(N)cc32)C(F)(F)COC1. The number of halogens is 2. The van der Waals surface area contributed by atoms with Gasteiger partial charge in [-0.3, -0.25) is 4.99 Å². The second kappa shape index (κ2) is 4.41. The van der Waals surface area contributed by atoms with E-state index in [1.807, 2.05) is 0 Å². The molecule has 0 bridgehead atoms. The highest BCUT2D eigenvalue weighted by atomic mass is 19.3. The van der Waals surface area contributed by atoms with Crippen LogP contribution in [0.3, 0.4) is 0 Å². The maximum atomic E-state index is 14.7. The number of rotatable bonds is 0. The summed E-state index contributed by atoms with van der Waals surface area (Å²) in [5.74, 6) is -2.99. The summed E-state index contributed by atoms with van der Waals surface area (Å²) in [5.41, 5.74) is 11.7. The van der Waals surface area contributed by atoms with E-state index in [2.05, 4.69) is 4.99 Å². The zero-order valence-electron chi connectivity index (χ0n) is 11.0. The lowest BCUT2D eigenvalue weighted by Gasteiger charge is -2.40. The molecular formula is C14H17F2N3O. The summed E-state index contributed by atoms with van der Waals surface area (Å²) in [6.45, 7) is -0.736. The van der Waals surface area contributed by atoms with Crippen molar-refractivity contribution in [1.29, 1.82) is 0 Å². The number of benzene rings is 1. The molecule has 1 aliphatic heterocycles. The van der Waals surface area contributed by atoms with E-state index in [4.69, 9.17) is 16.2 Å². The summed E-state index contributed by atoms with van der Waals surface area (Å²) < 4.78 is 34.3.